The van der Waals surface area contributed by atoms with Crippen LogP contribution in [0, 0.1) is 5.92 Å². The van der Waals surface area contributed by atoms with Crippen LogP contribution >= 0.6 is 0 Å². The van der Waals surface area contributed by atoms with Gasteiger partial charge in [-0.05, 0) is 12.0 Å². The highest BCUT2D eigenvalue weighted by atomic mass is 16.3. The maximum atomic E-state index is 10.1. The number of rotatable bonds is 4. The van der Waals surface area contributed by atoms with Gasteiger partial charge in [0.2, 0.25) is 0 Å². The van der Waals surface area contributed by atoms with Gasteiger partial charge in [0, 0.05) is 45.0 Å². The average Bonchev–Trinajstić information content (AvgIpc) is 2.56. The monoisotopic (exact) mass is 223 g/mol. The molecule has 0 atom stereocenters. The topological polar surface area (TPSA) is 41.3 Å². The van der Waals surface area contributed by atoms with Crippen LogP contribution in [0.15, 0.2) is 12.3 Å². The van der Waals surface area contributed by atoms with Crippen LogP contribution in [-0.4, -0.2) is 45.0 Å². The van der Waals surface area contributed by atoms with Crippen molar-refractivity contribution in [1.82, 2.24) is 14.7 Å². The van der Waals surface area contributed by atoms with Gasteiger partial charge in [0.15, 0.2) is 0 Å². The van der Waals surface area contributed by atoms with E-state index in [0.717, 1.165) is 26.1 Å². The Balaban J connectivity index is 1.77. The van der Waals surface area contributed by atoms with Crippen LogP contribution in [0.2, 0.25) is 0 Å². The largest absolute Gasteiger partial charge is 0.387 e. The van der Waals surface area contributed by atoms with Crippen molar-refractivity contribution in [2.75, 3.05) is 19.6 Å². The highest BCUT2D eigenvalue weighted by Gasteiger charge is 2.42. The lowest BCUT2D eigenvalue weighted by atomic mass is 9.83. The minimum Gasteiger partial charge on any atom is -0.387 e. The summed E-state index contributed by atoms with van der Waals surface area (Å²) in [4.78, 5) is 2.30. The van der Waals surface area contributed by atoms with E-state index in [1.807, 2.05) is 17.9 Å². The molecule has 0 amide bonds. The fourth-order valence-electron chi connectivity index (χ4n) is 2.17. The Kier molecular flexibility index (Phi) is 3.04. The van der Waals surface area contributed by atoms with E-state index in [0.29, 0.717) is 5.92 Å². The van der Waals surface area contributed by atoms with Gasteiger partial charge in [-0.2, -0.15) is 5.10 Å². The van der Waals surface area contributed by atoms with Gasteiger partial charge >= 0.3 is 0 Å². The van der Waals surface area contributed by atoms with Gasteiger partial charge in [-0.15, -0.1) is 0 Å². The van der Waals surface area contributed by atoms with Crippen LogP contribution in [0.4, 0.5) is 0 Å². The Hall–Kier alpha value is -0.870. The summed E-state index contributed by atoms with van der Waals surface area (Å²) in [6.07, 6.45) is 2.83. The van der Waals surface area contributed by atoms with Crippen molar-refractivity contribution in [3.63, 3.8) is 0 Å². The van der Waals surface area contributed by atoms with Crippen LogP contribution in [0.1, 0.15) is 19.5 Å². The fraction of sp³-hybridized carbons (Fsp3) is 0.750. The minimum absolute atomic E-state index is 0.348. The van der Waals surface area contributed by atoms with Gasteiger partial charge in [-0.3, -0.25) is 9.58 Å². The summed E-state index contributed by atoms with van der Waals surface area (Å²) in [7, 11) is 1.97. The molecule has 0 radical (unpaired) electrons. The Morgan fingerprint density at radius 1 is 1.50 bits per heavy atom. The third-order valence-electron chi connectivity index (χ3n) is 3.68. The van der Waals surface area contributed by atoms with E-state index >= 15 is 0 Å². The molecule has 16 heavy (non-hydrogen) atoms. The number of hydrogen-bond donors (Lipinski definition) is 1. The molecule has 1 aliphatic rings. The standard InChI is InChI=1S/C12H21N3O/c1-10(2)12(16)8-15(9-12)7-5-11-4-6-13-14(11)3/h4,6,10,16H,5,7-9H2,1-3H3. The summed E-state index contributed by atoms with van der Waals surface area (Å²) in [6, 6.07) is 2.05. The van der Waals surface area contributed by atoms with E-state index in [9.17, 15) is 5.11 Å². The zero-order valence-electron chi connectivity index (χ0n) is 10.3. The normalized spacial score (nSPS) is 20.1. The molecule has 1 saturated heterocycles. The Morgan fingerprint density at radius 2 is 2.19 bits per heavy atom. The van der Waals surface area contributed by atoms with E-state index < -0.39 is 5.60 Å². The van der Waals surface area contributed by atoms with Crippen LogP contribution in [0.5, 0.6) is 0 Å². The summed E-state index contributed by atoms with van der Waals surface area (Å²) in [5, 5.41) is 14.3. The van der Waals surface area contributed by atoms with Crippen LogP contribution in [-0.2, 0) is 13.5 Å². The molecular formula is C12H21N3O. The summed E-state index contributed by atoms with van der Waals surface area (Å²) in [5.41, 5.74) is 0.798. The van der Waals surface area contributed by atoms with Crippen molar-refractivity contribution in [3.8, 4) is 0 Å². The molecule has 0 spiro atoms. The van der Waals surface area contributed by atoms with Crippen LogP contribution in [0.25, 0.3) is 0 Å². The second-order valence-electron chi connectivity index (χ2n) is 5.17. The molecule has 0 unspecified atom stereocenters. The van der Waals surface area contributed by atoms with Gasteiger partial charge in [0.25, 0.3) is 0 Å². The Labute approximate surface area is 96.9 Å². The average molecular weight is 223 g/mol. The second kappa shape index (κ2) is 4.18. The molecule has 4 heteroatoms. The maximum Gasteiger partial charge on any atom is 0.0922 e. The highest BCUT2D eigenvalue weighted by Crippen LogP contribution is 2.28. The first kappa shape index (κ1) is 11.6. The fourth-order valence-corrected chi connectivity index (χ4v) is 2.17. The predicted molar refractivity (Wildman–Crippen MR) is 63.1 cm³/mol. The molecule has 1 N–H and O–H groups in total. The number of aliphatic hydroxyl groups is 1. The quantitative estimate of drug-likeness (QED) is 0.815. The molecule has 1 aromatic rings. The first-order valence-corrected chi connectivity index (χ1v) is 5.93. The first-order valence-electron chi connectivity index (χ1n) is 5.93. The van der Waals surface area contributed by atoms with E-state index in [1.165, 1.54) is 5.69 Å². The second-order valence-corrected chi connectivity index (χ2v) is 5.17. The lowest BCUT2D eigenvalue weighted by molar-refractivity contribution is -0.126. The molecule has 90 valence electrons. The zero-order chi connectivity index (χ0) is 11.8. The molecular weight excluding hydrogens is 202 g/mol. The molecule has 4 nitrogen and oxygen atoms in total. The molecule has 1 aromatic heterocycles. The number of aromatic nitrogens is 2. The van der Waals surface area contributed by atoms with Gasteiger partial charge in [0.05, 0.1) is 5.60 Å². The van der Waals surface area contributed by atoms with E-state index in [4.69, 9.17) is 0 Å². The number of nitrogens with zero attached hydrogens (tertiary/aromatic N) is 3. The molecule has 2 heterocycles. The van der Waals surface area contributed by atoms with E-state index in [2.05, 4.69) is 29.9 Å². The molecule has 2 rings (SSSR count). The lowest BCUT2D eigenvalue weighted by Crippen LogP contribution is -2.64. The van der Waals surface area contributed by atoms with Crippen molar-refractivity contribution in [3.05, 3.63) is 18.0 Å². The molecule has 1 aliphatic heterocycles. The summed E-state index contributed by atoms with van der Waals surface area (Å²) >= 11 is 0. The number of aryl methyl sites for hydroxylation is 1. The zero-order valence-corrected chi connectivity index (χ0v) is 10.3. The van der Waals surface area contributed by atoms with Gasteiger partial charge in [-0.25, -0.2) is 0 Å². The number of hydrogen-bond acceptors (Lipinski definition) is 3. The van der Waals surface area contributed by atoms with Crippen LogP contribution < -0.4 is 0 Å². The molecule has 0 aromatic carbocycles. The van der Waals surface area contributed by atoms with Crippen molar-refractivity contribution < 1.29 is 5.11 Å². The van der Waals surface area contributed by atoms with Crippen molar-refractivity contribution in [2.24, 2.45) is 13.0 Å². The highest BCUT2D eigenvalue weighted by molar-refractivity contribution is 5.03. The third-order valence-corrected chi connectivity index (χ3v) is 3.68. The van der Waals surface area contributed by atoms with E-state index in [1.54, 1.807) is 0 Å². The molecule has 0 aliphatic carbocycles. The molecule has 0 bridgehead atoms. The third kappa shape index (κ3) is 2.13. The summed E-state index contributed by atoms with van der Waals surface area (Å²) in [6.45, 7) is 6.79. The predicted octanol–water partition coefficient (Wildman–Crippen LogP) is 0.665. The van der Waals surface area contributed by atoms with Gasteiger partial charge in [-0.1, -0.05) is 13.8 Å². The number of likely N-dealkylation sites (tertiary alicyclic amines) is 1. The smallest absolute Gasteiger partial charge is 0.0922 e. The van der Waals surface area contributed by atoms with Crippen molar-refractivity contribution in [2.45, 2.75) is 25.9 Å². The Morgan fingerprint density at radius 3 is 2.69 bits per heavy atom. The van der Waals surface area contributed by atoms with Crippen molar-refractivity contribution in [1.29, 1.82) is 0 Å². The summed E-state index contributed by atoms with van der Waals surface area (Å²) in [5.74, 6) is 0.348. The lowest BCUT2D eigenvalue weighted by Gasteiger charge is -2.49. The van der Waals surface area contributed by atoms with E-state index in [-0.39, 0.29) is 0 Å². The maximum absolute atomic E-state index is 10.1. The van der Waals surface area contributed by atoms with Crippen molar-refractivity contribution >= 4 is 0 Å². The van der Waals surface area contributed by atoms with Gasteiger partial charge < -0.3 is 5.11 Å². The van der Waals surface area contributed by atoms with Gasteiger partial charge in [0.1, 0.15) is 0 Å². The number of β-amino-alcohol motifs (C(OH)–C–C–N with tert-alkyl or cyclic N) is 1. The summed E-state index contributed by atoms with van der Waals surface area (Å²) < 4.78 is 1.91. The first-order chi connectivity index (χ1) is 7.51. The molecule has 1 fully saturated rings. The van der Waals surface area contributed by atoms with Crippen LogP contribution in [0.3, 0.4) is 0 Å². The SMILES string of the molecule is CC(C)C1(O)CN(CCc2ccnn2C)C1. The minimum atomic E-state index is -0.452. The molecule has 0 saturated carbocycles. The Bertz CT molecular complexity index is 353.